The summed E-state index contributed by atoms with van der Waals surface area (Å²) >= 11 is 0. The van der Waals surface area contributed by atoms with Crippen molar-refractivity contribution in [1.29, 1.82) is 0 Å². The van der Waals surface area contributed by atoms with E-state index in [1.54, 1.807) is 6.92 Å². The SMILES string of the molecule is CCOC(=O)c1nc(-c2ccc(OCc3ccccc3)cc2)n[nH]1. The van der Waals surface area contributed by atoms with Crippen LogP contribution in [-0.4, -0.2) is 27.8 Å². The Morgan fingerprint density at radius 1 is 1.08 bits per heavy atom. The van der Waals surface area contributed by atoms with Gasteiger partial charge in [-0.3, -0.25) is 5.10 Å². The quantitative estimate of drug-likeness (QED) is 0.705. The number of nitrogens with zero attached hydrogens (tertiary/aromatic N) is 2. The fourth-order valence-corrected chi connectivity index (χ4v) is 2.12. The van der Waals surface area contributed by atoms with Crippen LogP contribution >= 0.6 is 0 Å². The Kier molecular flexibility index (Phi) is 4.86. The van der Waals surface area contributed by atoms with Crippen LogP contribution in [0.15, 0.2) is 54.6 Å². The van der Waals surface area contributed by atoms with E-state index >= 15 is 0 Å². The summed E-state index contributed by atoms with van der Waals surface area (Å²) in [5.41, 5.74) is 1.89. The number of H-pyrrole nitrogens is 1. The van der Waals surface area contributed by atoms with E-state index in [1.165, 1.54) is 0 Å². The lowest BCUT2D eigenvalue weighted by Crippen LogP contribution is -2.06. The van der Waals surface area contributed by atoms with Crippen LogP contribution in [-0.2, 0) is 11.3 Å². The standard InChI is InChI=1S/C18H17N3O3/c1-2-23-18(22)17-19-16(20-21-17)14-8-10-15(11-9-14)24-12-13-6-4-3-5-7-13/h3-11H,2,12H2,1H3,(H,19,20,21). The minimum absolute atomic E-state index is 0.0938. The zero-order chi connectivity index (χ0) is 16.8. The third kappa shape index (κ3) is 3.78. The Hall–Kier alpha value is -3.15. The van der Waals surface area contributed by atoms with Crippen molar-refractivity contribution in [2.45, 2.75) is 13.5 Å². The van der Waals surface area contributed by atoms with Crippen LogP contribution in [0.5, 0.6) is 5.75 Å². The fraction of sp³-hybridized carbons (Fsp3) is 0.167. The Morgan fingerprint density at radius 2 is 1.83 bits per heavy atom. The molecule has 0 amide bonds. The molecule has 6 nitrogen and oxygen atoms in total. The van der Waals surface area contributed by atoms with Gasteiger partial charge in [-0.2, -0.15) is 5.10 Å². The van der Waals surface area contributed by atoms with Gasteiger partial charge in [0.1, 0.15) is 12.4 Å². The second-order valence-electron chi connectivity index (χ2n) is 5.03. The second-order valence-corrected chi connectivity index (χ2v) is 5.03. The maximum absolute atomic E-state index is 11.6. The summed E-state index contributed by atoms with van der Waals surface area (Å²) in [4.78, 5) is 15.7. The van der Waals surface area contributed by atoms with Crippen molar-refractivity contribution in [2.75, 3.05) is 6.61 Å². The normalized spacial score (nSPS) is 10.4. The van der Waals surface area contributed by atoms with Gasteiger partial charge in [0.15, 0.2) is 5.82 Å². The van der Waals surface area contributed by atoms with E-state index in [-0.39, 0.29) is 5.82 Å². The van der Waals surface area contributed by atoms with E-state index < -0.39 is 5.97 Å². The number of esters is 1. The van der Waals surface area contributed by atoms with Gasteiger partial charge in [-0.05, 0) is 36.8 Å². The molecule has 0 bridgehead atoms. The zero-order valence-corrected chi connectivity index (χ0v) is 13.2. The molecular formula is C18H17N3O3. The van der Waals surface area contributed by atoms with E-state index in [0.29, 0.717) is 19.0 Å². The minimum Gasteiger partial charge on any atom is -0.489 e. The summed E-state index contributed by atoms with van der Waals surface area (Å²) in [6, 6.07) is 17.3. The van der Waals surface area contributed by atoms with E-state index in [4.69, 9.17) is 9.47 Å². The Bertz CT molecular complexity index is 798. The summed E-state index contributed by atoms with van der Waals surface area (Å²) in [6.45, 7) is 2.54. The highest BCUT2D eigenvalue weighted by Crippen LogP contribution is 2.20. The summed E-state index contributed by atoms with van der Waals surface area (Å²) in [5, 5.41) is 6.62. The molecule has 0 radical (unpaired) electrons. The Labute approximate surface area is 139 Å². The molecule has 122 valence electrons. The molecule has 0 unspecified atom stereocenters. The molecule has 0 fully saturated rings. The van der Waals surface area contributed by atoms with Gasteiger partial charge < -0.3 is 9.47 Å². The Balaban J connectivity index is 1.65. The van der Waals surface area contributed by atoms with Gasteiger partial charge in [-0.15, -0.1) is 0 Å². The molecule has 3 aromatic rings. The number of carbonyl (C=O) groups is 1. The molecule has 0 spiro atoms. The van der Waals surface area contributed by atoms with Gasteiger partial charge in [-0.25, -0.2) is 9.78 Å². The Morgan fingerprint density at radius 3 is 2.54 bits per heavy atom. The highest BCUT2D eigenvalue weighted by atomic mass is 16.5. The number of nitrogens with one attached hydrogen (secondary N) is 1. The van der Waals surface area contributed by atoms with Crippen LogP contribution in [0.1, 0.15) is 23.1 Å². The van der Waals surface area contributed by atoms with Gasteiger partial charge in [0.2, 0.25) is 5.82 Å². The lowest BCUT2D eigenvalue weighted by molar-refractivity contribution is 0.0512. The molecule has 3 rings (SSSR count). The predicted octanol–water partition coefficient (Wildman–Crippen LogP) is 3.23. The first-order valence-electron chi connectivity index (χ1n) is 7.63. The highest BCUT2D eigenvalue weighted by molar-refractivity contribution is 5.85. The van der Waals surface area contributed by atoms with Crippen molar-refractivity contribution in [3.05, 3.63) is 66.0 Å². The zero-order valence-electron chi connectivity index (χ0n) is 13.2. The fourth-order valence-electron chi connectivity index (χ4n) is 2.12. The second kappa shape index (κ2) is 7.41. The smallest absolute Gasteiger partial charge is 0.375 e. The van der Waals surface area contributed by atoms with Crippen molar-refractivity contribution in [1.82, 2.24) is 15.2 Å². The van der Waals surface area contributed by atoms with Gasteiger partial charge in [0.05, 0.1) is 6.61 Å². The summed E-state index contributed by atoms with van der Waals surface area (Å²) in [6.07, 6.45) is 0. The molecule has 0 saturated heterocycles. The third-order valence-electron chi connectivity index (χ3n) is 3.32. The van der Waals surface area contributed by atoms with Crippen LogP contribution < -0.4 is 4.74 Å². The third-order valence-corrected chi connectivity index (χ3v) is 3.32. The van der Waals surface area contributed by atoms with Crippen LogP contribution in [0.4, 0.5) is 0 Å². The van der Waals surface area contributed by atoms with Crippen LogP contribution in [0.25, 0.3) is 11.4 Å². The molecule has 1 aromatic heterocycles. The van der Waals surface area contributed by atoms with E-state index in [1.807, 2.05) is 54.6 Å². The molecular weight excluding hydrogens is 306 g/mol. The number of rotatable bonds is 6. The largest absolute Gasteiger partial charge is 0.489 e. The maximum Gasteiger partial charge on any atom is 0.375 e. The lowest BCUT2D eigenvalue weighted by atomic mass is 10.2. The molecule has 6 heteroatoms. The molecule has 1 N–H and O–H groups in total. The van der Waals surface area contributed by atoms with E-state index in [2.05, 4.69) is 15.2 Å². The van der Waals surface area contributed by atoms with Crippen LogP contribution in [0, 0.1) is 0 Å². The lowest BCUT2D eigenvalue weighted by Gasteiger charge is -2.06. The van der Waals surface area contributed by atoms with E-state index in [9.17, 15) is 4.79 Å². The number of aromatic nitrogens is 3. The van der Waals surface area contributed by atoms with Crippen molar-refractivity contribution < 1.29 is 14.3 Å². The van der Waals surface area contributed by atoms with Crippen LogP contribution in [0.2, 0.25) is 0 Å². The van der Waals surface area contributed by atoms with E-state index in [0.717, 1.165) is 16.9 Å². The van der Waals surface area contributed by atoms with Gasteiger partial charge in [0, 0.05) is 5.56 Å². The number of hydrogen-bond acceptors (Lipinski definition) is 5. The maximum atomic E-state index is 11.6. The van der Waals surface area contributed by atoms with Gasteiger partial charge in [-0.1, -0.05) is 30.3 Å². The molecule has 0 aliphatic heterocycles. The average Bonchev–Trinajstić information content (AvgIpc) is 3.12. The first kappa shape index (κ1) is 15.7. The summed E-state index contributed by atoms with van der Waals surface area (Å²) in [7, 11) is 0. The number of benzene rings is 2. The first-order chi connectivity index (χ1) is 11.8. The molecule has 2 aromatic carbocycles. The van der Waals surface area contributed by atoms with Crippen LogP contribution in [0.3, 0.4) is 0 Å². The molecule has 0 aliphatic carbocycles. The molecule has 0 saturated carbocycles. The topological polar surface area (TPSA) is 77.1 Å². The van der Waals surface area contributed by atoms with Crippen molar-refractivity contribution in [3.8, 4) is 17.1 Å². The highest BCUT2D eigenvalue weighted by Gasteiger charge is 2.13. The van der Waals surface area contributed by atoms with Crippen molar-refractivity contribution in [3.63, 3.8) is 0 Å². The van der Waals surface area contributed by atoms with Gasteiger partial charge in [0.25, 0.3) is 0 Å². The summed E-state index contributed by atoms with van der Waals surface area (Å²) in [5.74, 6) is 0.770. The number of aromatic amines is 1. The van der Waals surface area contributed by atoms with Gasteiger partial charge >= 0.3 is 5.97 Å². The predicted molar refractivity (Wildman–Crippen MR) is 88.5 cm³/mol. The average molecular weight is 323 g/mol. The number of carbonyl (C=O) groups excluding carboxylic acids is 1. The van der Waals surface area contributed by atoms with Crippen molar-refractivity contribution in [2.24, 2.45) is 0 Å². The number of ether oxygens (including phenoxy) is 2. The summed E-state index contributed by atoms with van der Waals surface area (Å²) < 4.78 is 10.6. The minimum atomic E-state index is -0.515. The molecule has 24 heavy (non-hydrogen) atoms. The van der Waals surface area contributed by atoms with Crippen molar-refractivity contribution >= 4 is 5.97 Å². The monoisotopic (exact) mass is 323 g/mol. The first-order valence-corrected chi connectivity index (χ1v) is 7.63. The molecule has 0 atom stereocenters. The molecule has 1 heterocycles. The number of hydrogen-bond donors (Lipinski definition) is 1. The molecule has 0 aliphatic rings.